The minimum absolute atomic E-state index is 0.0343. The van der Waals surface area contributed by atoms with E-state index in [4.69, 9.17) is 4.52 Å². The summed E-state index contributed by atoms with van der Waals surface area (Å²) in [7, 11) is 0. The van der Waals surface area contributed by atoms with Gasteiger partial charge in [-0.2, -0.15) is 4.98 Å². The van der Waals surface area contributed by atoms with Crippen molar-refractivity contribution in [3.8, 4) is 11.4 Å². The van der Waals surface area contributed by atoms with Crippen molar-refractivity contribution >= 4 is 11.6 Å². The van der Waals surface area contributed by atoms with Crippen molar-refractivity contribution in [2.24, 2.45) is 0 Å². The predicted molar refractivity (Wildman–Crippen MR) is 86.3 cm³/mol. The lowest BCUT2D eigenvalue weighted by Gasteiger charge is -2.28. The van der Waals surface area contributed by atoms with E-state index in [2.05, 4.69) is 32.5 Å². The van der Waals surface area contributed by atoms with Gasteiger partial charge in [0.1, 0.15) is 0 Å². The van der Waals surface area contributed by atoms with Crippen molar-refractivity contribution in [2.75, 3.05) is 18.0 Å². The van der Waals surface area contributed by atoms with E-state index in [1.54, 1.807) is 0 Å². The van der Waals surface area contributed by atoms with Crippen LogP contribution in [-0.4, -0.2) is 35.2 Å². The van der Waals surface area contributed by atoms with Gasteiger partial charge in [0.15, 0.2) is 0 Å². The number of amides is 1. The molecule has 2 fully saturated rings. The van der Waals surface area contributed by atoms with E-state index in [0.717, 1.165) is 31.5 Å². The molecule has 2 aliphatic rings. The Morgan fingerprint density at radius 3 is 2.57 bits per heavy atom. The van der Waals surface area contributed by atoms with Gasteiger partial charge in [0.2, 0.25) is 5.82 Å². The van der Waals surface area contributed by atoms with Crippen LogP contribution in [0.2, 0.25) is 0 Å². The number of anilines is 1. The maximum atomic E-state index is 11.9. The van der Waals surface area contributed by atoms with Gasteiger partial charge in [-0.1, -0.05) is 5.16 Å². The van der Waals surface area contributed by atoms with Crippen LogP contribution in [0.5, 0.6) is 0 Å². The summed E-state index contributed by atoms with van der Waals surface area (Å²) in [6.07, 6.45) is 5.90. The summed E-state index contributed by atoms with van der Waals surface area (Å²) in [5, 5.41) is 6.76. The Labute approximate surface area is 134 Å². The quantitative estimate of drug-likeness (QED) is 0.939. The molecule has 1 saturated carbocycles. The highest BCUT2D eigenvalue weighted by Gasteiger charge is 2.26. The molecule has 0 unspecified atom stereocenters. The lowest BCUT2D eigenvalue weighted by atomic mass is 10.1. The van der Waals surface area contributed by atoms with Gasteiger partial charge in [-0.05, 0) is 56.4 Å². The number of rotatable bonds is 4. The minimum Gasteiger partial charge on any atom is -0.372 e. The Morgan fingerprint density at radius 2 is 1.87 bits per heavy atom. The first-order chi connectivity index (χ1) is 11.3. The highest BCUT2D eigenvalue weighted by molar-refractivity contribution is 5.90. The van der Waals surface area contributed by atoms with Crippen LogP contribution in [0.4, 0.5) is 5.69 Å². The summed E-state index contributed by atoms with van der Waals surface area (Å²) >= 11 is 0. The largest absolute Gasteiger partial charge is 0.372 e. The van der Waals surface area contributed by atoms with Crippen LogP contribution in [0, 0.1) is 0 Å². The van der Waals surface area contributed by atoms with Crippen LogP contribution >= 0.6 is 0 Å². The molecule has 1 saturated heterocycles. The zero-order valence-corrected chi connectivity index (χ0v) is 13.0. The number of hydrogen-bond donors (Lipinski definition) is 1. The first-order valence-corrected chi connectivity index (χ1v) is 8.29. The number of benzene rings is 1. The number of hydrogen-bond acceptors (Lipinski definition) is 5. The molecule has 1 N–H and O–H groups in total. The molecule has 0 spiro atoms. The molecule has 0 radical (unpaired) electrons. The third-order valence-electron chi connectivity index (χ3n) is 4.38. The lowest BCUT2D eigenvalue weighted by Crippen LogP contribution is -2.29. The van der Waals surface area contributed by atoms with Gasteiger partial charge in [-0.25, -0.2) is 0 Å². The Bertz CT molecular complexity index is 685. The molecule has 1 aromatic heterocycles. The monoisotopic (exact) mass is 312 g/mol. The van der Waals surface area contributed by atoms with E-state index in [-0.39, 0.29) is 17.8 Å². The van der Waals surface area contributed by atoms with Gasteiger partial charge in [0.05, 0.1) is 0 Å². The molecule has 1 aliphatic carbocycles. The van der Waals surface area contributed by atoms with Gasteiger partial charge >= 0.3 is 11.8 Å². The van der Waals surface area contributed by atoms with Crippen molar-refractivity contribution in [3.05, 3.63) is 30.2 Å². The van der Waals surface area contributed by atoms with Crippen LogP contribution in [-0.2, 0) is 0 Å². The molecule has 0 atom stereocenters. The Kier molecular flexibility index (Phi) is 3.73. The molecule has 1 aliphatic heterocycles. The molecule has 4 rings (SSSR count). The van der Waals surface area contributed by atoms with Gasteiger partial charge in [-0.15, -0.1) is 0 Å². The highest BCUT2D eigenvalue weighted by Crippen LogP contribution is 2.24. The number of nitrogens with one attached hydrogen (secondary N) is 1. The minimum atomic E-state index is -0.281. The summed E-state index contributed by atoms with van der Waals surface area (Å²) in [6, 6.07) is 8.41. The first-order valence-electron chi connectivity index (χ1n) is 8.29. The average molecular weight is 312 g/mol. The summed E-state index contributed by atoms with van der Waals surface area (Å²) in [5.74, 6) is 0.208. The predicted octanol–water partition coefficient (Wildman–Crippen LogP) is 2.62. The molecule has 1 amide bonds. The zero-order valence-electron chi connectivity index (χ0n) is 13.0. The third kappa shape index (κ3) is 3.21. The molecular formula is C17H20N4O2. The summed E-state index contributed by atoms with van der Waals surface area (Å²) in [6.45, 7) is 2.24. The van der Waals surface area contributed by atoms with E-state index in [1.807, 2.05) is 12.1 Å². The van der Waals surface area contributed by atoms with E-state index in [0.29, 0.717) is 5.82 Å². The molecule has 6 heteroatoms. The molecule has 23 heavy (non-hydrogen) atoms. The standard InChI is InChI=1S/C17H20N4O2/c22-16(18-13-6-7-13)17-19-15(20-23-17)12-4-8-14(9-5-12)21-10-2-1-3-11-21/h4-5,8-9,13H,1-3,6-7,10-11H2,(H,18,22). The van der Waals surface area contributed by atoms with Crippen molar-refractivity contribution in [2.45, 2.75) is 38.1 Å². The van der Waals surface area contributed by atoms with E-state index in [9.17, 15) is 4.79 Å². The normalized spacial score (nSPS) is 18.0. The summed E-state index contributed by atoms with van der Waals surface area (Å²) in [4.78, 5) is 18.5. The topological polar surface area (TPSA) is 71.3 Å². The lowest BCUT2D eigenvalue weighted by molar-refractivity contribution is 0.0907. The maximum Gasteiger partial charge on any atom is 0.316 e. The molecule has 6 nitrogen and oxygen atoms in total. The molecule has 2 heterocycles. The first kappa shape index (κ1) is 14.2. The number of nitrogens with zero attached hydrogens (tertiary/aromatic N) is 3. The Balaban J connectivity index is 1.47. The van der Waals surface area contributed by atoms with Gasteiger partial charge in [-0.3, -0.25) is 4.79 Å². The molecular weight excluding hydrogens is 292 g/mol. The average Bonchev–Trinajstić information content (AvgIpc) is 3.27. The van der Waals surface area contributed by atoms with Gasteiger partial charge < -0.3 is 14.7 Å². The Morgan fingerprint density at radius 1 is 1.13 bits per heavy atom. The second kappa shape index (κ2) is 6.02. The maximum absolute atomic E-state index is 11.9. The SMILES string of the molecule is O=C(NC1CC1)c1nc(-c2ccc(N3CCCCC3)cc2)no1. The zero-order chi connectivity index (χ0) is 15.6. The number of aromatic nitrogens is 2. The summed E-state index contributed by atoms with van der Waals surface area (Å²) in [5.41, 5.74) is 2.09. The summed E-state index contributed by atoms with van der Waals surface area (Å²) < 4.78 is 5.07. The second-order valence-electron chi connectivity index (χ2n) is 6.27. The van der Waals surface area contributed by atoms with Crippen LogP contribution in [0.15, 0.2) is 28.8 Å². The number of carbonyl (C=O) groups is 1. The Hall–Kier alpha value is -2.37. The highest BCUT2D eigenvalue weighted by atomic mass is 16.5. The number of carbonyl (C=O) groups excluding carboxylic acids is 1. The molecule has 2 aromatic rings. The molecule has 0 bridgehead atoms. The fourth-order valence-electron chi connectivity index (χ4n) is 2.88. The van der Waals surface area contributed by atoms with Crippen LogP contribution < -0.4 is 10.2 Å². The van der Waals surface area contributed by atoms with Gasteiger partial charge in [0, 0.05) is 30.4 Å². The smallest absolute Gasteiger partial charge is 0.316 e. The fraction of sp³-hybridized carbons (Fsp3) is 0.471. The second-order valence-corrected chi connectivity index (χ2v) is 6.27. The third-order valence-corrected chi connectivity index (χ3v) is 4.38. The van der Waals surface area contributed by atoms with Crippen LogP contribution in [0.1, 0.15) is 42.8 Å². The van der Waals surface area contributed by atoms with Crippen LogP contribution in [0.3, 0.4) is 0 Å². The van der Waals surface area contributed by atoms with Crippen molar-refractivity contribution in [3.63, 3.8) is 0 Å². The fourth-order valence-corrected chi connectivity index (χ4v) is 2.88. The van der Waals surface area contributed by atoms with Crippen molar-refractivity contribution in [1.82, 2.24) is 15.5 Å². The van der Waals surface area contributed by atoms with Crippen LogP contribution in [0.25, 0.3) is 11.4 Å². The van der Waals surface area contributed by atoms with Gasteiger partial charge in [0.25, 0.3) is 0 Å². The van der Waals surface area contributed by atoms with E-state index in [1.165, 1.54) is 24.9 Å². The molecule has 1 aromatic carbocycles. The van der Waals surface area contributed by atoms with Crippen molar-refractivity contribution in [1.29, 1.82) is 0 Å². The van der Waals surface area contributed by atoms with E-state index >= 15 is 0 Å². The van der Waals surface area contributed by atoms with E-state index < -0.39 is 0 Å². The number of piperidine rings is 1. The van der Waals surface area contributed by atoms with Crippen molar-refractivity contribution < 1.29 is 9.32 Å². The molecule has 120 valence electrons.